The number of anilines is 1. The van der Waals surface area contributed by atoms with E-state index in [9.17, 15) is 4.79 Å². The number of imidazole rings is 1. The topological polar surface area (TPSA) is 79.4 Å². The van der Waals surface area contributed by atoms with Crippen LogP contribution in [-0.2, 0) is 27.4 Å². The van der Waals surface area contributed by atoms with E-state index in [-0.39, 0.29) is 18.6 Å². The van der Waals surface area contributed by atoms with Crippen LogP contribution < -0.4 is 5.73 Å². The van der Waals surface area contributed by atoms with Gasteiger partial charge in [-0.15, -0.1) is 0 Å². The van der Waals surface area contributed by atoms with E-state index < -0.39 is 0 Å². The van der Waals surface area contributed by atoms with E-state index in [0.29, 0.717) is 23.6 Å². The summed E-state index contributed by atoms with van der Waals surface area (Å²) in [5.74, 6) is 0.449. The molecule has 6 nitrogen and oxygen atoms in total. The van der Waals surface area contributed by atoms with Gasteiger partial charge in [-0.25, -0.2) is 4.98 Å². The van der Waals surface area contributed by atoms with Crippen molar-refractivity contribution in [2.75, 3.05) is 12.8 Å². The Bertz CT molecular complexity index is 675. The SMILES string of the molecule is COCc1nc2c(N)cccc2n1CC(=O)OC1CCCC1. The second kappa shape index (κ2) is 6.36. The zero-order chi connectivity index (χ0) is 15.5. The van der Waals surface area contributed by atoms with Crippen LogP contribution >= 0.6 is 0 Å². The first-order chi connectivity index (χ1) is 10.7. The van der Waals surface area contributed by atoms with Crippen molar-refractivity contribution in [2.45, 2.75) is 44.9 Å². The lowest BCUT2D eigenvalue weighted by Gasteiger charge is -2.13. The Hall–Kier alpha value is -2.08. The number of nitrogen functional groups attached to an aromatic ring is 1. The van der Waals surface area contributed by atoms with Crippen molar-refractivity contribution in [3.63, 3.8) is 0 Å². The Morgan fingerprint density at radius 1 is 1.41 bits per heavy atom. The molecule has 0 spiro atoms. The highest BCUT2D eigenvalue weighted by molar-refractivity contribution is 5.88. The van der Waals surface area contributed by atoms with Crippen LogP contribution in [0.25, 0.3) is 11.0 Å². The van der Waals surface area contributed by atoms with Crippen molar-refractivity contribution in [3.05, 3.63) is 24.0 Å². The van der Waals surface area contributed by atoms with Gasteiger partial charge in [-0.3, -0.25) is 4.79 Å². The number of hydrogen-bond donors (Lipinski definition) is 1. The molecular weight excluding hydrogens is 282 g/mol. The van der Waals surface area contributed by atoms with E-state index in [0.717, 1.165) is 31.2 Å². The van der Waals surface area contributed by atoms with Crippen molar-refractivity contribution in [3.8, 4) is 0 Å². The Balaban J connectivity index is 1.85. The summed E-state index contributed by atoms with van der Waals surface area (Å²) in [4.78, 5) is 16.7. The molecule has 0 radical (unpaired) electrons. The van der Waals surface area contributed by atoms with Crippen LogP contribution in [0.4, 0.5) is 5.69 Å². The predicted molar refractivity (Wildman–Crippen MR) is 83.2 cm³/mol. The highest BCUT2D eigenvalue weighted by Crippen LogP contribution is 2.24. The van der Waals surface area contributed by atoms with Gasteiger partial charge < -0.3 is 19.8 Å². The van der Waals surface area contributed by atoms with E-state index in [1.165, 1.54) is 0 Å². The number of ether oxygens (including phenoxy) is 2. The van der Waals surface area contributed by atoms with E-state index in [1.54, 1.807) is 13.2 Å². The molecule has 2 N–H and O–H groups in total. The van der Waals surface area contributed by atoms with Gasteiger partial charge >= 0.3 is 5.97 Å². The maximum absolute atomic E-state index is 12.2. The number of esters is 1. The third-order valence-corrected chi connectivity index (χ3v) is 4.05. The van der Waals surface area contributed by atoms with Gasteiger partial charge in [-0.2, -0.15) is 0 Å². The zero-order valence-corrected chi connectivity index (χ0v) is 12.7. The molecule has 0 bridgehead atoms. The first-order valence-electron chi connectivity index (χ1n) is 7.61. The van der Waals surface area contributed by atoms with Gasteiger partial charge in [0.15, 0.2) is 0 Å². The molecular formula is C16H21N3O3. The first kappa shape index (κ1) is 14.8. The van der Waals surface area contributed by atoms with Crippen LogP contribution in [0.2, 0.25) is 0 Å². The van der Waals surface area contributed by atoms with E-state index in [1.807, 2.05) is 16.7 Å². The number of benzene rings is 1. The molecule has 0 amide bonds. The average molecular weight is 303 g/mol. The number of nitrogens with zero attached hydrogens (tertiary/aromatic N) is 2. The molecule has 1 aromatic carbocycles. The number of nitrogens with two attached hydrogens (primary N) is 1. The number of carbonyl (C=O) groups is 1. The molecule has 1 saturated carbocycles. The van der Waals surface area contributed by atoms with Crippen LogP contribution in [0.3, 0.4) is 0 Å². The Labute approximate surface area is 129 Å². The van der Waals surface area contributed by atoms with Gasteiger partial charge in [-0.1, -0.05) is 6.07 Å². The number of aromatic nitrogens is 2. The molecule has 6 heteroatoms. The van der Waals surface area contributed by atoms with E-state index in [4.69, 9.17) is 15.2 Å². The van der Waals surface area contributed by atoms with Crippen molar-refractivity contribution in [2.24, 2.45) is 0 Å². The molecule has 1 aliphatic carbocycles. The summed E-state index contributed by atoms with van der Waals surface area (Å²) in [7, 11) is 1.60. The highest BCUT2D eigenvalue weighted by atomic mass is 16.5. The molecule has 1 heterocycles. The largest absolute Gasteiger partial charge is 0.461 e. The monoisotopic (exact) mass is 303 g/mol. The van der Waals surface area contributed by atoms with Gasteiger partial charge in [0.2, 0.25) is 0 Å². The van der Waals surface area contributed by atoms with Gasteiger partial charge in [-0.05, 0) is 37.8 Å². The van der Waals surface area contributed by atoms with Crippen LogP contribution in [0, 0.1) is 0 Å². The molecule has 3 rings (SSSR count). The number of para-hydroxylation sites is 1. The fourth-order valence-electron chi connectivity index (χ4n) is 2.99. The minimum atomic E-state index is -0.231. The summed E-state index contributed by atoms with van der Waals surface area (Å²) in [6.45, 7) is 0.458. The number of fused-ring (bicyclic) bond motifs is 1. The number of rotatable bonds is 5. The molecule has 0 aliphatic heterocycles. The molecule has 1 fully saturated rings. The van der Waals surface area contributed by atoms with Crippen molar-refractivity contribution in [1.29, 1.82) is 0 Å². The summed E-state index contributed by atoms with van der Waals surface area (Å²) in [6.07, 6.45) is 4.27. The first-order valence-corrected chi connectivity index (χ1v) is 7.61. The van der Waals surface area contributed by atoms with Crippen LogP contribution in [0.1, 0.15) is 31.5 Å². The van der Waals surface area contributed by atoms with Gasteiger partial charge in [0.05, 0.1) is 11.2 Å². The summed E-state index contributed by atoms with van der Waals surface area (Å²) < 4.78 is 12.5. The van der Waals surface area contributed by atoms with Crippen LogP contribution in [0.5, 0.6) is 0 Å². The number of hydrogen-bond acceptors (Lipinski definition) is 5. The quantitative estimate of drug-likeness (QED) is 0.677. The van der Waals surface area contributed by atoms with Crippen molar-refractivity contribution < 1.29 is 14.3 Å². The van der Waals surface area contributed by atoms with Crippen LogP contribution in [0.15, 0.2) is 18.2 Å². The van der Waals surface area contributed by atoms with Gasteiger partial charge in [0.25, 0.3) is 0 Å². The van der Waals surface area contributed by atoms with Crippen molar-refractivity contribution in [1.82, 2.24) is 9.55 Å². The third-order valence-electron chi connectivity index (χ3n) is 4.05. The fourth-order valence-corrected chi connectivity index (χ4v) is 2.99. The molecule has 2 aromatic rings. The standard InChI is InChI=1S/C16H21N3O3/c1-21-10-14-18-16-12(17)7-4-8-13(16)19(14)9-15(20)22-11-5-2-3-6-11/h4,7-8,11H,2-3,5-6,9-10,17H2,1H3. The van der Waals surface area contributed by atoms with Gasteiger partial charge in [0.1, 0.15) is 30.6 Å². The minimum Gasteiger partial charge on any atom is -0.461 e. The zero-order valence-electron chi connectivity index (χ0n) is 12.7. The normalized spacial score (nSPS) is 15.5. The lowest BCUT2D eigenvalue weighted by Crippen LogP contribution is -2.20. The van der Waals surface area contributed by atoms with Gasteiger partial charge in [0, 0.05) is 7.11 Å². The Morgan fingerprint density at radius 3 is 2.91 bits per heavy atom. The van der Waals surface area contributed by atoms with Crippen LogP contribution in [-0.4, -0.2) is 28.7 Å². The molecule has 22 heavy (non-hydrogen) atoms. The summed E-state index contributed by atoms with van der Waals surface area (Å²) >= 11 is 0. The lowest BCUT2D eigenvalue weighted by atomic mass is 10.3. The van der Waals surface area contributed by atoms with E-state index >= 15 is 0 Å². The van der Waals surface area contributed by atoms with Crippen molar-refractivity contribution >= 4 is 22.7 Å². The predicted octanol–water partition coefficient (Wildman–Crippen LogP) is 2.25. The number of carbonyl (C=O) groups excluding carboxylic acids is 1. The molecule has 0 atom stereocenters. The third kappa shape index (κ3) is 2.92. The molecule has 118 valence electrons. The second-order valence-electron chi connectivity index (χ2n) is 5.66. The lowest BCUT2D eigenvalue weighted by molar-refractivity contribution is -0.149. The molecule has 1 aliphatic rings. The smallest absolute Gasteiger partial charge is 0.326 e. The average Bonchev–Trinajstić information content (AvgIpc) is 3.10. The molecule has 0 unspecified atom stereocenters. The summed E-state index contributed by atoms with van der Waals surface area (Å²) in [5, 5.41) is 0. The highest BCUT2D eigenvalue weighted by Gasteiger charge is 2.21. The Kier molecular flexibility index (Phi) is 4.29. The maximum Gasteiger partial charge on any atom is 0.326 e. The Morgan fingerprint density at radius 2 is 2.18 bits per heavy atom. The fraction of sp³-hybridized carbons (Fsp3) is 0.500. The number of methoxy groups -OCH3 is 1. The van der Waals surface area contributed by atoms with E-state index in [2.05, 4.69) is 4.98 Å². The molecule has 0 saturated heterocycles. The second-order valence-corrected chi connectivity index (χ2v) is 5.66. The summed E-state index contributed by atoms with van der Waals surface area (Å²) in [6, 6.07) is 5.56. The minimum absolute atomic E-state index is 0.0678. The maximum atomic E-state index is 12.2. The summed E-state index contributed by atoms with van der Waals surface area (Å²) in [5.41, 5.74) is 8.09. The molecule has 1 aromatic heterocycles.